The number of benzene rings is 2. The summed E-state index contributed by atoms with van der Waals surface area (Å²) in [6.07, 6.45) is 12.6. The van der Waals surface area contributed by atoms with E-state index in [2.05, 4.69) is 16.0 Å². The Kier molecular flexibility index (Phi) is 6.79. The number of anilines is 1. The van der Waals surface area contributed by atoms with Crippen LogP contribution in [0.15, 0.2) is 48.2 Å². The molecular formula is C29H30ClFN2O2. The molecule has 1 fully saturated rings. The number of piperidine rings is 1. The van der Waals surface area contributed by atoms with Gasteiger partial charge in [0.15, 0.2) is 17.3 Å². The van der Waals surface area contributed by atoms with Crippen LogP contribution in [0.25, 0.3) is 22.0 Å². The van der Waals surface area contributed by atoms with Gasteiger partial charge in [0.25, 0.3) is 0 Å². The Balaban J connectivity index is 1.49. The highest BCUT2D eigenvalue weighted by molar-refractivity contribution is 6.32. The molecule has 0 unspecified atom stereocenters. The van der Waals surface area contributed by atoms with E-state index in [9.17, 15) is 14.3 Å². The molecule has 3 aromatic rings. The number of ketones is 1. The third kappa shape index (κ3) is 4.92. The van der Waals surface area contributed by atoms with Gasteiger partial charge in [-0.3, -0.25) is 9.78 Å². The first-order valence-corrected chi connectivity index (χ1v) is 12.8. The first kappa shape index (κ1) is 23.8. The summed E-state index contributed by atoms with van der Waals surface area (Å²) in [7, 11) is 0. The fourth-order valence-corrected chi connectivity index (χ4v) is 5.72. The molecule has 6 heteroatoms. The minimum absolute atomic E-state index is 0.0204. The Hall–Kier alpha value is -2.92. The number of aromatic nitrogens is 1. The molecule has 35 heavy (non-hydrogen) atoms. The van der Waals surface area contributed by atoms with E-state index in [1.807, 2.05) is 18.2 Å². The zero-order valence-electron chi connectivity index (χ0n) is 20.0. The number of phenols is 1. The van der Waals surface area contributed by atoms with Gasteiger partial charge in [-0.1, -0.05) is 29.3 Å². The number of allylic oxidation sites excluding steroid dienone is 2. The van der Waals surface area contributed by atoms with Gasteiger partial charge >= 0.3 is 0 Å². The lowest BCUT2D eigenvalue weighted by Crippen LogP contribution is -2.35. The van der Waals surface area contributed by atoms with Gasteiger partial charge in [-0.25, -0.2) is 4.39 Å². The van der Waals surface area contributed by atoms with Crippen molar-refractivity contribution in [1.29, 1.82) is 0 Å². The van der Waals surface area contributed by atoms with Gasteiger partial charge in [0.1, 0.15) is 0 Å². The van der Waals surface area contributed by atoms with Crippen molar-refractivity contribution >= 4 is 34.0 Å². The third-order valence-electron chi connectivity index (χ3n) is 7.44. The molecule has 1 N–H and O–H groups in total. The Morgan fingerprint density at radius 1 is 1.17 bits per heavy atom. The average molecular weight is 493 g/mol. The molecule has 182 valence electrons. The number of carbonyl (C=O) groups excluding carboxylic acids is 1. The first-order chi connectivity index (χ1) is 16.9. The Labute approximate surface area is 210 Å². The van der Waals surface area contributed by atoms with Crippen molar-refractivity contribution in [2.24, 2.45) is 5.92 Å². The zero-order valence-corrected chi connectivity index (χ0v) is 20.7. The van der Waals surface area contributed by atoms with Crippen molar-refractivity contribution in [2.75, 3.05) is 18.0 Å². The summed E-state index contributed by atoms with van der Waals surface area (Å²) in [6, 6.07) is 8.52. The second-order valence-electron chi connectivity index (χ2n) is 9.84. The van der Waals surface area contributed by atoms with Gasteiger partial charge in [0.05, 0.1) is 21.8 Å². The number of hydrogen-bond acceptors (Lipinski definition) is 4. The molecule has 0 bridgehead atoms. The second-order valence-corrected chi connectivity index (χ2v) is 10.2. The monoisotopic (exact) mass is 492 g/mol. The number of halogens is 2. The number of rotatable bonds is 5. The highest BCUT2D eigenvalue weighted by Crippen LogP contribution is 2.38. The minimum Gasteiger partial charge on any atom is -0.504 e. The van der Waals surface area contributed by atoms with E-state index < -0.39 is 11.6 Å². The van der Waals surface area contributed by atoms with Gasteiger partial charge in [0, 0.05) is 24.7 Å². The maximum absolute atomic E-state index is 14.2. The SMILES string of the molecule is CC(=O)c1cnc2ccc(-c3cc(F)c(O)c(Cl)c3)cc2c1N1CCC(CC2=CCCCC2)CC1. The maximum atomic E-state index is 14.2. The molecule has 2 aliphatic rings. The summed E-state index contributed by atoms with van der Waals surface area (Å²) in [5, 5.41) is 10.6. The van der Waals surface area contributed by atoms with Crippen molar-refractivity contribution < 1.29 is 14.3 Å². The number of carbonyl (C=O) groups is 1. The number of hydrogen-bond donors (Lipinski definition) is 1. The number of phenolic OH excluding ortho intramolecular Hbond substituents is 1. The number of pyridine rings is 1. The molecule has 2 aromatic carbocycles. The Morgan fingerprint density at radius 3 is 2.66 bits per heavy atom. The van der Waals surface area contributed by atoms with Crippen LogP contribution in [-0.2, 0) is 0 Å². The molecule has 4 nitrogen and oxygen atoms in total. The minimum atomic E-state index is -0.765. The van der Waals surface area contributed by atoms with Gasteiger partial charge < -0.3 is 10.0 Å². The van der Waals surface area contributed by atoms with Crippen molar-refractivity contribution in [3.8, 4) is 16.9 Å². The van der Waals surface area contributed by atoms with Crippen molar-refractivity contribution in [3.05, 3.63) is 64.6 Å². The third-order valence-corrected chi connectivity index (χ3v) is 7.72. The van der Waals surface area contributed by atoms with Gasteiger partial charge in [-0.2, -0.15) is 0 Å². The molecule has 0 amide bonds. The molecule has 5 rings (SSSR count). The fraction of sp³-hybridized carbons (Fsp3) is 0.379. The van der Waals surface area contributed by atoms with Crippen LogP contribution in [0.5, 0.6) is 5.75 Å². The van der Waals surface area contributed by atoms with Crippen LogP contribution >= 0.6 is 11.6 Å². The average Bonchev–Trinajstić information content (AvgIpc) is 2.87. The molecule has 0 saturated carbocycles. The molecule has 1 aromatic heterocycles. The predicted molar refractivity (Wildman–Crippen MR) is 140 cm³/mol. The van der Waals surface area contributed by atoms with E-state index in [4.69, 9.17) is 11.6 Å². The lowest BCUT2D eigenvalue weighted by molar-refractivity contribution is 0.101. The van der Waals surface area contributed by atoms with Crippen LogP contribution in [-0.4, -0.2) is 29.0 Å². The van der Waals surface area contributed by atoms with Crippen molar-refractivity contribution in [3.63, 3.8) is 0 Å². The van der Waals surface area contributed by atoms with E-state index in [1.165, 1.54) is 38.2 Å². The highest BCUT2D eigenvalue weighted by atomic mass is 35.5. The summed E-state index contributed by atoms with van der Waals surface area (Å²) in [4.78, 5) is 19.5. The summed E-state index contributed by atoms with van der Waals surface area (Å²) in [5.74, 6) is -0.655. The van der Waals surface area contributed by atoms with Crippen LogP contribution in [0, 0.1) is 11.7 Å². The van der Waals surface area contributed by atoms with Gasteiger partial charge in [0.2, 0.25) is 0 Å². The number of nitrogens with zero attached hydrogens (tertiary/aromatic N) is 2. The smallest absolute Gasteiger partial charge is 0.170 e. The number of aromatic hydroxyl groups is 1. The highest BCUT2D eigenvalue weighted by Gasteiger charge is 2.25. The van der Waals surface area contributed by atoms with E-state index in [0.717, 1.165) is 48.1 Å². The second kappa shape index (κ2) is 9.98. The molecule has 2 heterocycles. The van der Waals surface area contributed by atoms with Crippen LogP contribution in [0.3, 0.4) is 0 Å². The molecule has 1 aliphatic carbocycles. The van der Waals surface area contributed by atoms with Crippen LogP contribution < -0.4 is 4.90 Å². The lowest BCUT2D eigenvalue weighted by atomic mass is 9.85. The Bertz CT molecular complexity index is 1290. The quantitative estimate of drug-likeness (QED) is 0.292. The molecular weight excluding hydrogens is 463 g/mol. The first-order valence-electron chi connectivity index (χ1n) is 12.5. The van der Waals surface area contributed by atoms with E-state index in [0.29, 0.717) is 17.0 Å². The maximum Gasteiger partial charge on any atom is 0.170 e. The largest absolute Gasteiger partial charge is 0.504 e. The van der Waals surface area contributed by atoms with Crippen molar-refractivity contribution in [2.45, 2.75) is 51.9 Å². The van der Waals surface area contributed by atoms with Crippen molar-refractivity contribution in [1.82, 2.24) is 4.98 Å². The molecule has 0 radical (unpaired) electrons. The predicted octanol–water partition coefficient (Wildman–Crippen LogP) is 7.71. The van der Waals surface area contributed by atoms with Gasteiger partial charge in [-0.05, 0) is 93.2 Å². The summed E-state index contributed by atoms with van der Waals surface area (Å²) in [6.45, 7) is 3.36. The number of Topliss-reactive ketones (excluding diaryl/α,β-unsaturated/α-hetero) is 1. The molecule has 1 saturated heterocycles. The molecule has 0 spiro atoms. The lowest BCUT2D eigenvalue weighted by Gasteiger charge is -2.36. The molecule has 0 atom stereocenters. The van der Waals surface area contributed by atoms with Crippen LogP contribution in [0.2, 0.25) is 5.02 Å². The number of fused-ring (bicyclic) bond motifs is 1. The van der Waals surface area contributed by atoms with Gasteiger partial charge in [-0.15, -0.1) is 0 Å². The Morgan fingerprint density at radius 2 is 1.97 bits per heavy atom. The zero-order chi connectivity index (χ0) is 24.5. The fourth-order valence-electron chi connectivity index (χ4n) is 5.51. The van der Waals surface area contributed by atoms with Crippen LogP contribution in [0.4, 0.5) is 10.1 Å². The van der Waals surface area contributed by atoms with E-state index in [-0.39, 0.29) is 10.8 Å². The topological polar surface area (TPSA) is 53.4 Å². The van der Waals surface area contributed by atoms with Crippen LogP contribution in [0.1, 0.15) is 62.2 Å². The van der Waals surface area contributed by atoms with E-state index in [1.54, 1.807) is 24.8 Å². The summed E-state index contributed by atoms with van der Waals surface area (Å²) < 4.78 is 14.2. The molecule has 1 aliphatic heterocycles. The normalized spacial score (nSPS) is 17.0. The standard InChI is InChI=1S/C29H30ClFN2O2/c1-18(34)24-17-32-27-8-7-21(22-15-25(30)29(35)26(31)16-22)14-23(27)28(24)33-11-9-20(10-12-33)13-19-5-3-2-4-6-19/h5,7-8,14-17,20,35H,2-4,6,9-13H2,1H3. The summed E-state index contributed by atoms with van der Waals surface area (Å²) in [5.41, 5.74) is 5.24. The van der Waals surface area contributed by atoms with E-state index >= 15 is 0 Å². The summed E-state index contributed by atoms with van der Waals surface area (Å²) >= 11 is 6.03.